The summed E-state index contributed by atoms with van der Waals surface area (Å²) in [4.78, 5) is 23.1. The van der Waals surface area contributed by atoms with Crippen LogP contribution in [0.25, 0.3) is 0 Å². The molecule has 1 aliphatic rings. The standard InChI is InChI=1S/C44H77O12P/c1-3-5-7-9-11-13-15-17-19-21-23-25-27-29-31-33-38(45)55-37(36-54-57(51,52)56-44-42(49)40(47)39(46)41(48)43(44)50)35-53-34-32-30-28-26-24-22-20-18-16-14-12-10-8-6-4-2/h5,7,11,13,16-19,23,25,37,39-44,46-50H,3-4,6,8-10,12,14-15,20-22,24,26-36H2,1-2H3,(H,51,52)/b7-5-,13-11-,18-16-,19-17-,25-23-. The number of unbranched alkanes of at least 4 members (excludes halogenated alkanes) is 13. The highest BCUT2D eigenvalue weighted by Crippen LogP contribution is 2.47. The number of hydrogen-bond acceptors (Lipinski definition) is 11. The number of carbonyl (C=O) groups excluding carboxylic acids is 1. The van der Waals surface area contributed by atoms with Crippen LogP contribution in [0.2, 0.25) is 0 Å². The van der Waals surface area contributed by atoms with Crippen molar-refractivity contribution in [3.05, 3.63) is 60.8 Å². The molecule has 57 heavy (non-hydrogen) atoms. The molecule has 12 nitrogen and oxygen atoms in total. The van der Waals surface area contributed by atoms with Crippen molar-refractivity contribution < 1.29 is 58.3 Å². The van der Waals surface area contributed by atoms with E-state index in [-0.39, 0.29) is 13.0 Å². The van der Waals surface area contributed by atoms with Crippen molar-refractivity contribution >= 4 is 13.8 Å². The maximum atomic E-state index is 12.8. The van der Waals surface area contributed by atoms with Gasteiger partial charge in [0.25, 0.3) is 0 Å². The molecule has 0 saturated heterocycles. The van der Waals surface area contributed by atoms with Crippen molar-refractivity contribution in [2.45, 2.75) is 191 Å². The van der Waals surface area contributed by atoms with Crippen molar-refractivity contribution in [1.29, 1.82) is 0 Å². The van der Waals surface area contributed by atoms with Crippen molar-refractivity contribution in [1.82, 2.24) is 0 Å². The Morgan fingerprint density at radius 2 is 1.04 bits per heavy atom. The van der Waals surface area contributed by atoms with Crippen LogP contribution in [-0.2, 0) is 27.9 Å². The van der Waals surface area contributed by atoms with Crippen LogP contribution in [0.15, 0.2) is 60.8 Å². The van der Waals surface area contributed by atoms with Crippen LogP contribution in [0, 0.1) is 0 Å². The Balaban J connectivity index is 2.47. The zero-order valence-electron chi connectivity index (χ0n) is 34.9. The molecule has 13 heteroatoms. The molecule has 6 unspecified atom stereocenters. The summed E-state index contributed by atoms with van der Waals surface area (Å²) in [6.45, 7) is 4.05. The Bertz CT molecular complexity index is 1170. The summed E-state index contributed by atoms with van der Waals surface area (Å²) in [5.41, 5.74) is 0. The van der Waals surface area contributed by atoms with Crippen LogP contribution in [0.5, 0.6) is 0 Å². The van der Waals surface area contributed by atoms with Crippen molar-refractivity contribution in [3.8, 4) is 0 Å². The molecule has 0 radical (unpaired) electrons. The van der Waals surface area contributed by atoms with E-state index in [1.165, 1.54) is 51.4 Å². The summed E-state index contributed by atoms with van der Waals surface area (Å²) in [5, 5.41) is 50.1. The van der Waals surface area contributed by atoms with E-state index in [4.69, 9.17) is 18.5 Å². The second-order valence-corrected chi connectivity index (χ2v) is 16.2. The van der Waals surface area contributed by atoms with E-state index in [0.717, 1.165) is 70.6 Å². The van der Waals surface area contributed by atoms with Gasteiger partial charge in [-0.25, -0.2) is 4.57 Å². The molecule has 0 aromatic rings. The summed E-state index contributed by atoms with van der Waals surface area (Å²) in [5.74, 6) is -0.522. The number of aliphatic hydroxyl groups excluding tert-OH is 5. The van der Waals surface area contributed by atoms with Crippen LogP contribution in [0.1, 0.15) is 149 Å². The van der Waals surface area contributed by atoms with E-state index in [9.17, 15) is 39.8 Å². The Hall–Kier alpha value is -1.96. The van der Waals surface area contributed by atoms with E-state index in [1.54, 1.807) is 0 Å². The predicted octanol–water partition coefficient (Wildman–Crippen LogP) is 8.25. The number of rotatable bonds is 35. The number of ether oxygens (including phenoxy) is 2. The SMILES string of the molecule is CC/C=C\C/C=C\C/C=C\C/C=C\CCCCC(=O)OC(COCCCCCCCC/C=C\CCCCCCC)COP(=O)(O)OC1C(O)C(O)C(O)C(O)C1O. The van der Waals surface area contributed by atoms with Gasteiger partial charge in [-0.1, -0.05) is 126 Å². The van der Waals surface area contributed by atoms with Crippen LogP contribution >= 0.6 is 7.82 Å². The molecule has 1 saturated carbocycles. The smallest absolute Gasteiger partial charge is 0.457 e. The van der Waals surface area contributed by atoms with Crippen LogP contribution in [0.4, 0.5) is 0 Å². The molecule has 6 atom stereocenters. The first kappa shape index (κ1) is 53.1. The van der Waals surface area contributed by atoms with Gasteiger partial charge < -0.3 is 39.9 Å². The summed E-state index contributed by atoms with van der Waals surface area (Å²) in [6.07, 6.45) is 30.1. The number of carbonyl (C=O) groups is 1. The zero-order valence-corrected chi connectivity index (χ0v) is 35.8. The minimum absolute atomic E-state index is 0.100. The number of aliphatic hydroxyl groups is 5. The summed E-state index contributed by atoms with van der Waals surface area (Å²) < 4.78 is 34.0. The minimum atomic E-state index is -5.03. The molecule has 0 spiro atoms. The van der Waals surface area contributed by atoms with E-state index in [0.29, 0.717) is 13.0 Å². The molecule has 330 valence electrons. The average molecular weight is 829 g/mol. The van der Waals surface area contributed by atoms with E-state index in [1.807, 2.05) is 0 Å². The van der Waals surface area contributed by atoms with Gasteiger partial charge in [-0.15, -0.1) is 0 Å². The largest absolute Gasteiger partial charge is 0.472 e. The monoisotopic (exact) mass is 829 g/mol. The highest BCUT2D eigenvalue weighted by molar-refractivity contribution is 7.47. The number of phosphoric ester groups is 1. The fourth-order valence-corrected chi connectivity index (χ4v) is 7.14. The van der Waals surface area contributed by atoms with Gasteiger partial charge >= 0.3 is 13.8 Å². The Morgan fingerprint density at radius 3 is 1.60 bits per heavy atom. The Kier molecular flexibility index (Phi) is 32.4. The molecule has 1 aliphatic carbocycles. The fraction of sp³-hybridized carbons (Fsp3) is 0.750. The maximum absolute atomic E-state index is 12.8. The highest BCUT2D eigenvalue weighted by atomic mass is 31.2. The number of allylic oxidation sites excluding steroid dienone is 10. The molecule has 0 amide bonds. The van der Waals surface area contributed by atoms with Gasteiger partial charge in [0.1, 0.15) is 42.7 Å². The zero-order chi connectivity index (χ0) is 42.0. The first-order valence-electron chi connectivity index (χ1n) is 21.6. The lowest BCUT2D eigenvalue weighted by atomic mass is 9.85. The lowest BCUT2D eigenvalue weighted by molar-refractivity contribution is -0.220. The average Bonchev–Trinajstić information content (AvgIpc) is 3.19. The van der Waals surface area contributed by atoms with Crippen LogP contribution in [-0.4, -0.2) is 98.9 Å². The molecule has 1 rings (SSSR count). The lowest BCUT2D eigenvalue weighted by Gasteiger charge is -2.41. The van der Waals surface area contributed by atoms with Crippen LogP contribution in [0.3, 0.4) is 0 Å². The molecule has 0 bridgehead atoms. The Morgan fingerprint density at radius 1 is 0.579 bits per heavy atom. The number of esters is 1. The van der Waals surface area contributed by atoms with Gasteiger partial charge in [0.05, 0.1) is 13.2 Å². The van der Waals surface area contributed by atoms with Gasteiger partial charge in [-0.05, 0) is 77.0 Å². The molecule has 6 N–H and O–H groups in total. The van der Waals surface area contributed by atoms with Crippen molar-refractivity contribution in [2.75, 3.05) is 19.8 Å². The van der Waals surface area contributed by atoms with Crippen molar-refractivity contribution in [2.24, 2.45) is 0 Å². The highest BCUT2D eigenvalue weighted by Gasteiger charge is 2.51. The number of phosphoric acid groups is 1. The second kappa shape index (κ2) is 34.9. The maximum Gasteiger partial charge on any atom is 0.472 e. The third-order valence-electron chi connectivity index (χ3n) is 9.62. The second-order valence-electron chi connectivity index (χ2n) is 14.8. The van der Waals surface area contributed by atoms with Gasteiger partial charge in [0.2, 0.25) is 0 Å². The topological polar surface area (TPSA) is 192 Å². The van der Waals surface area contributed by atoms with E-state index in [2.05, 4.69) is 74.6 Å². The molecule has 1 fully saturated rings. The normalized spacial score (nSPS) is 23.4. The van der Waals surface area contributed by atoms with Crippen LogP contribution < -0.4 is 0 Å². The molecule has 0 heterocycles. The van der Waals surface area contributed by atoms with E-state index >= 15 is 0 Å². The summed E-state index contributed by atoms with van der Waals surface area (Å²) >= 11 is 0. The third-order valence-corrected chi connectivity index (χ3v) is 10.6. The van der Waals surface area contributed by atoms with E-state index < -0.39 is 63.1 Å². The summed E-state index contributed by atoms with van der Waals surface area (Å²) in [7, 11) is -5.03. The summed E-state index contributed by atoms with van der Waals surface area (Å²) in [6, 6.07) is 0. The molecule has 0 aromatic heterocycles. The van der Waals surface area contributed by atoms with Gasteiger partial charge in [0.15, 0.2) is 0 Å². The number of hydrogen-bond donors (Lipinski definition) is 6. The molecule has 0 aromatic carbocycles. The molecule has 0 aliphatic heterocycles. The third kappa shape index (κ3) is 27.4. The molecular weight excluding hydrogens is 751 g/mol. The predicted molar refractivity (Wildman–Crippen MR) is 225 cm³/mol. The lowest BCUT2D eigenvalue weighted by Crippen LogP contribution is -2.64. The minimum Gasteiger partial charge on any atom is -0.457 e. The van der Waals surface area contributed by atoms with Gasteiger partial charge in [-0.3, -0.25) is 13.8 Å². The first-order chi connectivity index (χ1) is 27.5. The van der Waals surface area contributed by atoms with Crippen molar-refractivity contribution in [3.63, 3.8) is 0 Å². The Labute approximate surface area is 343 Å². The first-order valence-corrected chi connectivity index (χ1v) is 23.1. The van der Waals surface area contributed by atoms with Gasteiger partial charge in [-0.2, -0.15) is 0 Å². The molecular formula is C44H77O12P. The quantitative estimate of drug-likeness (QED) is 0.0155. The van der Waals surface area contributed by atoms with Gasteiger partial charge in [0, 0.05) is 13.0 Å². The fourth-order valence-electron chi connectivity index (χ4n) is 6.16.